The predicted molar refractivity (Wildman–Crippen MR) is 95.1 cm³/mol. The minimum atomic E-state index is 0.183. The van der Waals surface area contributed by atoms with Crippen LogP contribution in [-0.2, 0) is 11.2 Å². The molecule has 0 aromatic heterocycles. The molecule has 0 aliphatic carbocycles. The molecule has 0 saturated carbocycles. The highest BCUT2D eigenvalue weighted by atomic mass is 16.5. The van der Waals surface area contributed by atoms with Crippen LogP contribution in [0.15, 0.2) is 48.8 Å². The molecule has 0 amide bonds. The predicted octanol–water partition coefficient (Wildman–Crippen LogP) is 6.16. The molecule has 1 aromatic carbocycles. The van der Waals surface area contributed by atoms with Gasteiger partial charge in [0, 0.05) is 5.92 Å². The number of ether oxygens (including phenoxy) is 1. The summed E-state index contributed by atoms with van der Waals surface area (Å²) in [5.74, 6) is 0.464. The molecule has 1 aliphatic heterocycles. The van der Waals surface area contributed by atoms with Crippen LogP contribution in [0.2, 0.25) is 0 Å². The standard InChI is InChI=1S/C21H30O/c1-3-5-7-10-18-13-15-19(16-14-18)20(11-6-4-2)21-12-8-9-17-22-21/h8-9,12-17,20-21H,3-7,10-11H2,1-2H3. The van der Waals surface area contributed by atoms with Gasteiger partial charge in [0.1, 0.15) is 6.10 Å². The van der Waals surface area contributed by atoms with Gasteiger partial charge in [0.15, 0.2) is 0 Å². The minimum absolute atomic E-state index is 0.183. The van der Waals surface area contributed by atoms with Gasteiger partial charge in [0.25, 0.3) is 0 Å². The van der Waals surface area contributed by atoms with Crippen LogP contribution in [0.5, 0.6) is 0 Å². The Morgan fingerprint density at radius 3 is 2.36 bits per heavy atom. The Morgan fingerprint density at radius 2 is 1.73 bits per heavy atom. The normalized spacial score (nSPS) is 18.2. The molecular formula is C21H30O. The van der Waals surface area contributed by atoms with E-state index in [1.807, 2.05) is 12.3 Å². The van der Waals surface area contributed by atoms with Crippen LogP contribution in [0.3, 0.4) is 0 Å². The molecule has 0 N–H and O–H groups in total. The third kappa shape index (κ3) is 5.05. The van der Waals surface area contributed by atoms with E-state index in [0.717, 1.165) is 0 Å². The second-order valence-corrected chi connectivity index (χ2v) is 6.26. The van der Waals surface area contributed by atoms with Gasteiger partial charge in [0.05, 0.1) is 6.26 Å². The van der Waals surface area contributed by atoms with E-state index in [4.69, 9.17) is 4.74 Å². The van der Waals surface area contributed by atoms with E-state index in [1.54, 1.807) is 0 Å². The van der Waals surface area contributed by atoms with Crippen molar-refractivity contribution in [3.63, 3.8) is 0 Å². The van der Waals surface area contributed by atoms with Crippen LogP contribution < -0.4 is 0 Å². The molecular weight excluding hydrogens is 268 g/mol. The van der Waals surface area contributed by atoms with Gasteiger partial charge in [-0.2, -0.15) is 0 Å². The van der Waals surface area contributed by atoms with Crippen molar-refractivity contribution in [2.75, 3.05) is 0 Å². The number of unbranched alkanes of at least 4 members (excludes halogenated alkanes) is 3. The van der Waals surface area contributed by atoms with Gasteiger partial charge in [-0.25, -0.2) is 0 Å². The average Bonchev–Trinajstić information content (AvgIpc) is 2.58. The van der Waals surface area contributed by atoms with Crippen molar-refractivity contribution in [2.45, 2.75) is 70.8 Å². The lowest BCUT2D eigenvalue weighted by molar-refractivity contribution is 0.150. The lowest BCUT2D eigenvalue weighted by atomic mass is 9.87. The smallest absolute Gasteiger partial charge is 0.123 e. The average molecular weight is 298 g/mol. The van der Waals surface area contributed by atoms with Gasteiger partial charge in [-0.1, -0.05) is 69.9 Å². The third-order valence-electron chi connectivity index (χ3n) is 4.47. The fraction of sp³-hybridized carbons (Fsp3) is 0.524. The first-order chi connectivity index (χ1) is 10.8. The largest absolute Gasteiger partial charge is 0.493 e. The molecule has 0 bridgehead atoms. The van der Waals surface area contributed by atoms with E-state index in [2.05, 4.69) is 50.3 Å². The first kappa shape index (κ1) is 16.9. The zero-order valence-electron chi connectivity index (χ0n) is 14.1. The summed E-state index contributed by atoms with van der Waals surface area (Å²) in [6.07, 6.45) is 17.1. The fourth-order valence-corrected chi connectivity index (χ4v) is 3.08. The second kappa shape index (κ2) is 9.50. The molecule has 2 rings (SSSR count). The summed E-state index contributed by atoms with van der Waals surface area (Å²) in [7, 11) is 0. The highest BCUT2D eigenvalue weighted by molar-refractivity contribution is 5.28. The molecule has 0 spiro atoms. The molecule has 1 aromatic rings. The van der Waals surface area contributed by atoms with E-state index in [0.29, 0.717) is 5.92 Å². The fourth-order valence-electron chi connectivity index (χ4n) is 3.08. The quantitative estimate of drug-likeness (QED) is 0.496. The van der Waals surface area contributed by atoms with Crippen LogP contribution in [0.25, 0.3) is 0 Å². The van der Waals surface area contributed by atoms with Crippen molar-refractivity contribution in [2.24, 2.45) is 0 Å². The number of rotatable bonds is 9. The molecule has 0 saturated heterocycles. The van der Waals surface area contributed by atoms with Crippen LogP contribution in [0, 0.1) is 0 Å². The minimum Gasteiger partial charge on any atom is -0.493 e. The molecule has 2 atom stereocenters. The van der Waals surface area contributed by atoms with Crippen molar-refractivity contribution < 1.29 is 4.74 Å². The van der Waals surface area contributed by atoms with Crippen molar-refractivity contribution in [3.05, 3.63) is 59.9 Å². The number of aryl methyl sites for hydroxylation is 1. The Labute approximate surface area is 136 Å². The summed E-state index contributed by atoms with van der Waals surface area (Å²) in [4.78, 5) is 0. The maximum absolute atomic E-state index is 5.83. The van der Waals surface area contributed by atoms with Crippen LogP contribution in [0.4, 0.5) is 0 Å². The molecule has 2 unspecified atom stereocenters. The second-order valence-electron chi connectivity index (χ2n) is 6.26. The summed E-state index contributed by atoms with van der Waals surface area (Å²) >= 11 is 0. The van der Waals surface area contributed by atoms with Crippen LogP contribution in [0.1, 0.15) is 69.4 Å². The summed E-state index contributed by atoms with van der Waals surface area (Å²) in [5.41, 5.74) is 2.88. The molecule has 0 fully saturated rings. The third-order valence-corrected chi connectivity index (χ3v) is 4.47. The first-order valence-electron chi connectivity index (χ1n) is 8.92. The van der Waals surface area contributed by atoms with Gasteiger partial charge in [-0.15, -0.1) is 0 Å². The summed E-state index contributed by atoms with van der Waals surface area (Å²) in [6, 6.07) is 9.26. The first-order valence-corrected chi connectivity index (χ1v) is 8.92. The lowest BCUT2D eigenvalue weighted by Crippen LogP contribution is -2.19. The zero-order chi connectivity index (χ0) is 15.6. The number of benzene rings is 1. The Kier molecular flexibility index (Phi) is 7.28. The van der Waals surface area contributed by atoms with Crippen molar-refractivity contribution in [1.29, 1.82) is 0 Å². The van der Waals surface area contributed by atoms with Gasteiger partial charge in [-0.3, -0.25) is 0 Å². The number of hydrogen-bond donors (Lipinski definition) is 0. The van der Waals surface area contributed by atoms with Gasteiger partial charge in [0.2, 0.25) is 0 Å². The monoisotopic (exact) mass is 298 g/mol. The number of allylic oxidation sites excluding steroid dienone is 2. The maximum Gasteiger partial charge on any atom is 0.123 e. The van der Waals surface area contributed by atoms with Gasteiger partial charge >= 0.3 is 0 Å². The summed E-state index contributed by atoms with van der Waals surface area (Å²) < 4.78 is 5.83. The Bertz CT molecular complexity index is 469. The molecule has 1 heteroatoms. The van der Waals surface area contributed by atoms with E-state index >= 15 is 0 Å². The van der Waals surface area contributed by atoms with Crippen molar-refractivity contribution in [3.8, 4) is 0 Å². The summed E-state index contributed by atoms with van der Waals surface area (Å²) in [5, 5.41) is 0. The SMILES string of the molecule is CCCCCc1ccc(C(CCCC)C2C=CC=CO2)cc1. The molecule has 1 aliphatic rings. The lowest BCUT2D eigenvalue weighted by Gasteiger charge is -2.26. The van der Waals surface area contributed by atoms with Gasteiger partial charge < -0.3 is 4.74 Å². The highest BCUT2D eigenvalue weighted by Gasteiger charge is 2.22. The van der Waals surface area contributed by atoms with Crippen molar-refractivity contribution >= 4 is 0 Å². The molecule has 0 radical (unpaired) electrons. The van der Waals surface area contributed by atoms with E-state index in [-0.39, 0.29) is 6.10 Å². The zero-order valence-corrected chi connectivity index (χ0v) is 14.1. The maximum atomic E-state index is 5.83. The molecule has 1 heterocycles. The van der Waals surface area contributed by atoms with E-state index < -0.39 is 0 Å². The van der Waals surface area contributed by atoms with Crippen LogP contribution in [-0.4, -0.2) is 6.10 Å². The van der Waals surface area contributed by atoms with E-state index in [9.17, 15) is 0 Å². The molecule has 1 nitrogen and oxygen atoms in total. The Morgan fingerprint density at radius 1 is 0.955 bits per heavy atom. The molecule has 120 valence electrons. The Balaban J connectivity index is 2.03. The Hall–Kier alpha value is -1.50. The van der Waals surface area contributed by atoms with E-state index in [1.165, 1.54) is 56.1 Å². The van der Waals surface area contributed by atoms with Gasteiger partial charge in [-0.05, 0) is 42.5 Å². The van der Waals surface area contributed by atoms with Crippen LogP contribution >= 0.6 is 0 Å². The van der Waals surface area contributed by atoms with Crippen molar-refractivity contribution in [1.82, 2.24) is 0 Å². The number of hydrogen-bond acceptors (Lipinski definition) is 1. The topological polar surface area (TPSA) is 9.23 Å². The molecule has 22 heavy (non-hydrogen) atoms. The summed E-state index contributed by atoms with van der Waals surface area (Å²) in [6.45, 7) is 4.51. The highest BCUT2D eigenvalue weighted by Crippen LogP contribution is 2.30.